The molecule has 2 aromatic carbocycles. The normalized spacial score (nSPS) is 12.7. The van der Waals surface area contributed by atoms with E-state index >= 15 is 0 Å². The first-order valence-electron chi connectivity index (χ1n) is 10.7. The summed E-state index contributed by atoms with van der Waals surface area (Å²) in [5.41, 5.74) is 15.0. The number of ether oxygens (including phenoxy) is 1. The first-order chi connectivity index (χ1) is 14.6. The summed E-state index contributed by atoms with van der Waals surface area (Å²) in [4.78, 5) is 13.8. The van der Waals surface area contributed by atoms with Crippen molar-refractivity contribution in [3.05, 3.63) is 59.3 Å². The number of anilines is 1. The van der Waals surface area contributed by atoms with E-state index in [4.69, 9.17) is 10.5 Å². The number of amides is 2. The Balaban J connectivity index is 1.52. The van der Waals surface area contributed by atoms with Crippen LogP contribution < -0.4 is 20.8 Å². The first-order valence-corrected chi connectivity index (χ1v) is 10.7. The molecule has 3 N–H and O–H groups in total. The third-order valence-electron chi connectivity index (χ3n) is 5.84. The van der Waals surface area contributed by atoms with Gasteiger partial charge in [0.05, 0.1) is 18.3 Å². The summed E-state index contributed by atoms with van der Waals surface area (Å²) in [5, 5.41) is 1.37. The molecule has 0 saturated carbocycles. The molecule has 3 aromatic rings. The highest BCUT2D eigenvalue weighted by Gasteiger charge is 2.19. The molecule has 1 heterocycles. The molecule has 158 valence electrons. The van der Waals surface area contributed by atoms with Crippen molar-refractivity contribution >= 4 is 22.6 Å². The standard InChI is InChI=1S/C24H30N4O2/c1-3-6-17-11-12-20(22(15-17)30-2)27(24(25)29)14-13-26-28-16-19-9-4-7-18-8-5-10-21(28)23(18)19/h5,8,10-12,15-16,26H,3-4,6-7,9,13-14H2,1-2H3,(H2,25,29). The van der Waals surface area contributed by atoms with Crippen molar-refractivity contribution in [3.63, 3.8) is 0 Å². The molecule has 30 heavy (non-hydrogen) atoms. The molecular weight excluding hydrogens is 376 g/mol. The Hall–Kier alpha value is -3.15. The largest absolute Gasteiger partial charge is 0.495 e. The molecule has 6 heteroatoms. The maximum absolute atomic E-state index is 12.2. The van der Waals surface area contributed by atoms with Crippen LogP contribution in [0, 0.1) is 0 Å². The van der Waals surface area contributed by atoms with Crippen LogP contribution in [0.5, 0.6) is 5.75 Å². The SMILES string of the molecule is CCCc1ccc(N(CCNn2cc3c4c(cccc42)CCC3)C(N)=O)c(OC)c1. The number of hydrogen-bond acceptors (Lipinski definition) is 3. The molecule has 2 amide bonds. The lowest BCUT2D eigenvalue weighted by atomic mass is 9.93. The van der Waals surface area contributed by atoms with Crippen molar-refractivity contribution in [2.24, 2.45) is 5.73 Å². The van der Waals surface area contributed by atoms with E-state index in [-0.39, 0.29) is 0 Å². The molecule has 6 nitrogen and oxygen atoms in total. The minimum atomic E-state index is -0.489. The van der Waals surface area contributed by atoms with Gasteiger partial charge in [-0.2, -0.15) is 0 Å². The smallest absolute Gasteiger partial charge is 0.319 e. The summed E-state index contributed by atoms with van der Waals surface area (Å²) in [5.74, 6) is 0.670. The third kappa shape index (κ3) is 3.82. The first kappa shape index (κ1) is 20.1. The lowest BCUT2D eigenvalue weighted by Gasteiger charge is -2.24. The second-order valence-electron chi connectivity index (χ2n) is 7.84. The maximum Gasteiger partial charge on any atom is 0.319 e. The number of aromatic nitrogens is 1. The number of primary amides is 1. The van der Waals surface area contributed by atoms with Crippen LogP contribution in [0.4, 0.5) is 10.5 Å². The van der Waals surface area contributed by atoms with E-state index in [2.05, 4.69) is 41.4 Å². The number of benzene rings is 2. The second-order valence-corrected chi connectivity index (χ2v) is 7.84. The van der Waals surface area contributed by atoms with Gasteiger partial charge in [-0.3, -0.25) is 9.58 Å². The fourth-order valence-corrected chi connectivity index (χ4v) is 4.47. The molecule has 4 rings (SSSR count). The lowest BCUT2D eigenvalue weighted by Crippen LogP contribution is -2.40. The van der Waals surface area contributed by atoms with Gasteiger partial charge in [0.25, 0.3) is 0 Å². The van der Waals surface area contributed by atoms with Crippen molar-refractivity contribution in [2.75, 3.05) is 30.5 Å². The Kier molecular flexibility index (Phi) is 5.84. The molecule has 1 aromatic heterocycles. The minimum absolute atomic E-state index is 0.438. The van der Waals surface area contributed by atoms with Crippen LogP contribution in [0.1, 0.15) is 36.5 Å². The number of rotatable bonds is 8. The highest BCUT2D eigenvalue weighted by molar-refractivity contribution is 5.92. The lowest BCUT2D eigenvalue weighted by molar-refractivity contribution is 0.254. The summed E-state index contributed by atoms with van der Waals surface area (Å²) in [6.07, 6.45) is 7.65. The molecule has 0 unspecified atom stereocenters. The second kappa shape index (κ2) is 8.69. The molecule has 0 atom stereocenters. The van der Waals surface area contributed by atoms with Crippen LogP contribution in [-0.2, 0) is 19.3 Å². The van der Waals surface area contributed by atoms with Gasteiger partial charge < -0.3 is 15.9 Å². The molecule has 0 fully saturated rings. The van der Waals surface area contributed by atoms with Crippen molar-refractivity contribution < 1.29 is 9.53 Å². The fourth-order valence-electron chi connectivity index (χ4n) is 4.47. The highest BCUT2D eigenvalue weighted by atomic mass is 16.5. The Morgan fingerprint density at radius 2 is 2.07 bits per heavy atom. The van der Waals surface area contributed by atoms with Crippen molar-refractivity contribution in [1.29, 1.82) is 0 Å². The Bertz CT molecular complexity index is 1060. The van der Waals surface area contributed by atoms with E-state index in [1.165, 1.54) is 34.0 Å². The van der Waals surface area contributed by atoms with E-state index in [0.717, 1.165) is 25.7 Å². The summed E-state index contributed by atoms with van der Waals surface area (Å²) >= 11 is 0. The fraction of sp³-hybridized carbons (Fsp3) is 0.375. The average molecular weight is 407 g/mol. The zero-order valence-electron chi connectivity index (χ0n) is 17.8. The van der Waals surface area contributed by atoms with Gasteiger partial charge in [-0.15, -0.1) is 0 Å². The average Bonchev–Trinajstić information content (AvgIpc) is 3.11. The summed E-state index contributed by atoms with van der Waals surface area (Å²) < 4.78 is 7.63. The van der Waals surface area contributed by atoms with Crippen LogP contribution in [0.2, 0.25) is 0 Å². The van der Waals surface area contributed by atoms with E-state index in [0.29, 0.717) is 24.5 Å². The molecule has 1 aliphatic carbocycles. The van der Waals surface area contributed by atoms with Gasteiger partial charge in [0.1, 0.15) is 5.75 Å². The van der Waals surface area contributed by atoms with Gasteiger partial charge in [0.15, 0.2) is 0 Å². The van der Waals surface area contributed by atoms with Crippen LogP contribution in [-0.4, -0.2) is 30.9 Å². The van der Waals surface area contributed by atoms with Gasteiger partial charge in [0.2, 0.25) is 0 Å². The number of hydrogen-bond donors (Lipinski definition) is 2. The number of methoxy groups -OCH3 is 1. The van der Waals surface area contributed by atoms with Crippen molar-refractivity contribution in [3.8, 4) is 5.75 Å². The number of nitrogens with two attached hydrogens (primary N) is 1. The van der Waals surface area contributed by atoms with Crippen LogP contribution in [0.25, 0.3) is 10.9 Å². The number of nitrogens with one attached hydrogen (secondary N) is 1. The van der Waals surface area contributed by atoms with E-state index in [1.807, 2.05) is 18.2 Å². The van der Waals surface area contributed by atoms with E-state index < -0.39 is 6.03 Å². The van der Waals surface area contributed by atoms with Gasteiger partial charge in [0, 0.05) is 24.7 Å². The topological polar surface area (TPSA) is 72.5 Å². The van der Waals surface area contributed by atoms with E-state index in [9.17, 15) is 4.79 Å². The number of carbonyl (C=O) groups is 1. The highest BCUT2D eigenvalue weighted by Crippen LogP contribution is 2.31. The quantitative estimate of drug-likeness (QED) is 0.588. The number of urea groups is 1. The van der Waals surface area contributed by atoms with Crippen molar-refractivity contribution in [2.45, 2.75) is 39.0 Å². The van der Waals surface area contributed by atoms with Crippen LogP contribution >= 0.6 is 0 Å². The molecule has 0 saturated heterocycles. The minimum Gasteiger partial charge on any atom is -0.495 e. The molecule has 0 aliphatic heterocycles. The molecule has 1 aliphatic rings. The molecule has 0 spiro atoms. The molecular formula is C24H30N4O2. The predicted molar refractivity (Wildman–Crippen MR) is 122 cm³/mol. The molecule has 0 radical (unpaired) electrons. The summed E-state index contributed by atoms with van der Waals surface area (Å²) in [7, 11) is 1.62. The predicted octanol–water partition coefficient (Wildman–Crippen LogP) is 4.22. The van der Waals surface area contributed by atoms with Crippen molar-refractivity contribution in [1.82, 2.24) is 4.68 Å². The zero-order chi connectivity index (χ0) is 21.1. The summed E-state index contributed by atoms with van der Waals surface area (Å²) in [6.45, 7) is 3.14. The Labute approximate surface area is 177 Å². The number of nitrogens with zero attached hydrogens (tertiary/aromatic N) is 2. The monoisotopic (exact) mass is 406 g/mol. The van der Waals surface area contributed by atoms with E-state index in [1.54, 1.807) is 12.0 Å². The third-order valence-corrected chi connectivity index (χ3v) is 5.84. The summed E-state index contributed by atoms with van der Waals surface area (Å²) in [6, 6.07) is 11.9. The van der Waals surface area contributed by atoms with Crippen LogP contribution in [0.3, 0.4) is 0 Å². The van der Waals surface area contributed by atoms with Gasteiger partial charge in [-0.25, -0.2) is 4.79 Å². The van der Waals surface area contributed by atoms with Gasteiger partial charge in [-0.05, 0) is 60.6 Å². The zero-order valence-corrected chi connectivity index (χ0v) is 17.8. The van der Waals surface area contributed by atoms with Gasteiger partial charge in [-0.1, -0.05) is 31.5 Å². The van der Waals surface area contributed by atoms with Crippen LogP contribution in [0.15, 0.2) is 42.6 Å². The molecule has 0 bridgehead atoms. The number of carbonyl (C=O) groups excluding carboxylic acids is 1. The Morgan fingerprint density at radius 1 is 1.23 bits per heavy atom. The Morgan fingerprint density at radius 3 is 2.83 bits per heavy atom. The van der Waals surface area contributed by atoms with Gasteiger partial charge >= 0.3 is 6.03 Å². The maximum atomic E-state index is 12.2. The number of aryl methyl sites for hydroxylation is 3.